The number of carbonyl (C=O) groups is 6. The van der Waals surface area contributed by atoms with E-state index in [9.17, 15) is 46.3 Å². The largest absolute Gasteiger partial charge is 0.488 e. The second-order valence-electron chi connectivity index (χ2n) is 9.63. The monoisotopic (exact) mass is 665 g/mol. The molecule has 17 heteroatoms. The Hall–Kier alpha value is -4.28. The lowest BCUT2D eigenvalue weighted by molar-refractivity contribution is -0.130. The minimum atomic E-state index is -3.56. The molecular formula is C29H43F4N5O8. The minimum Gasteiger partial charge on any atom is -0.488 e. The molecule has 0 saturated carbocycles. The number of nitrogens with one attached hydrogen (secondary N) is 3. The number of carbonyl (C=O) groups excluding carboxylic acids is 6. The predicted molar refractivity (Wildman–Crippen MR) is 160 cm³/mol. The number of fused-ring (bicyclic) bond motifs is 1. The van der Waals surface area contributed by atoms with Gasteiger partial charge in [0.25, 0.3) is 5.92 Å². The molecule has 0 saturated heterocycles. The number of hydrogen-bond donors (Lipinski definition) is 4. The van der Waals surface area contributed by atoms with Gasteiger partial charge in [-0.1, -0.05) is 13.8 Å². The van der Waals surface area contributed by atoms with Crippen molar-refractivity contribution < 1.29 is 55.8 Å². The van der Waals surface area contributed by atoms with Crippen molar-refractivity contribution in [1.82, 2.24) is 16.0 Å². The summed E-state index contributed by atoms with van der Waals surface area (Å²) in [5, 5.41) is 6.76. The van der Waals surface area contributed by atoms with Crippen molar-refractivity contribution in [2.75, 3.05) is 44.4 Å². The second-order valence-corrected chi connectivity index (χ2v) is 9.63. The van der Waals surface area contributed by atoms with Gasteiger partial charge in [0.15, 0.2) is 6.67 Å². The van der Waals surface area contributed by atoms with Gasteiger partial charge in [-0.2, -0.15) is 0 Å². The lowest BCUT2D eigenvalue weighted by atomic mass is 10.1. The highest BCUT2D eigenvalue weighted by atomic mass is 19.3. The van der Waals surface area contributed by atoms with Gasteiger partial charge in [0.05, 0.1) is 37.2 Å². The molecule has 4 amide bonds. The molecule has 0 bridgehead atoms. The zero-order valence-corrected chi connectivity index (χ0v) is 26.3. The van der Waals surface area contributed by atoms with E-state index in [4.69, 9.17) is 15.2 Å². The third kappa shape index (κ3) is 16.2. The van der Waals surface area contributed by atoms with Crippen LogP contribution in [0.3, 0.4) is 0 Å². The number of ether oxygens (including phenoxy) is 2. The summed E-state index contributed by atoms with van der Waals surface area (Å²) in [6.45, 7) is 4.24. The first-order valence-corrected chi connectivity index (χ1v) is 14.6. The number of hydrogen-bond acceptors (Lipinski definition) is 9. The number of alkyl carbamates (subject to hydrolysis) is 1. The first kappa shape index (κ1) is 41.7. The molecular weight excluding hydrogens is 622 g/mol. The van der Waals surface area contributed by atoms with Crippen LogP contribution in [-0.2, 0) is 28.7 Å². The maximum Gasteiger partial charge on any atom is 0.407 e. The molecule has 0 aliphatic carbocycles. The quantitative estimate of drug-likeness (QED) is 0.0942. The summed E-state index contributed by atoms with van der Waals surface area (Å²) < 4.78 is 60.3. The van der Waals surface area contributed by atoms with E-state index in [-0.39, 0.29) is 63.2 Å². The van der Waals surface area contributed by atoms with Crippen molar-refractivity contribution in [2.24, 2.45) is 11.7 Å². The smallest absolute Gasteiger partial charge is 0.407 e. The summed E-state index contributed by atoms with van der Waals surface area (Å²) in [4.78, 5) is 68.3. The van der Waals surface area contributed by atoms with Crippen molar-refractivity contribution in [3.63, 3.8) is 0 Å². The van der Waals surface area contributed by atoms with Crippen molar-refractivity contribution in [1.29, 1.82) is 0 Å². The van der Waals surface area contributed by atoms with Crippen molar-refractivity contribution in [3.8, 4) is 5.75 Å². The highest BCUT2D eigenvalue weighted by Crippen LogP contribution is 2.33. The molecule has 3 atom stereocenters. The fraction of sp³-hybridized carbons (Fsp3) is 0.586. The van der Waals surface area contributed by atoms with Crippen molar-refractivity contribution >= 4 is 42.1 Å². The highest BCUT2D eigenvalue weighted by molar-refractivity contribution is 5.96. The first-order chi connectivity index (χ1) is 21.7. The molecule has 2 rings (SSSR count). The predicted octanol–water partition coefficient (Wildman–Crippen LogP) is 2.05. The number of alkyl halides is 3. The third-order valence-corrected chi connectivity index (χ3v) is 5.81. The van der Waals surface area contributed by atoms with E-state index in [0.29, 0.717) is 18.3 Å². The summed E-state index contributed by atoms with van der Waals surface area (Å²) in [5.41, 5.74) is 5.89. The molecule has 46 heavy (non-hydrogen) atoms. The topological polar surface area (TPSA) is 186 Å². The Morgan fingerprint density at radius 2 is 1.80 bits per heavy atom. The van der Waals surface area contributed by atoms with Crippen LogP contribution in [0.1, 0.15) is 47.0 Å². The highest BCUT2D eigenvalue weighted by Gasteiger charge is 2.30. The number of aldehydes is 2. The van der Waals surface area contributed by atoms with Crippen LogP contribution in [0.25, 0.3) is 0 Å². The van der Waals surface area contributed by atoms with Crippen LogP contribution in [0.2, 0.25) is 0 Å². The summed E-state index contributed by atoms with van der Waals surface area (Å²) in [7, 11) is 0. The van der Waals surface area contributed by atoms with E-state index >= 15 is 0 Å². The summed E-state index contributed by atoms with van der Waals surface area (Å²) >= 11 is 0. The zero-order valence-electron chi connectivity index (χ0n) is 26.3. The molecule has 260 valence electrons. The number of anilines is 1. The van der Waals surface area contributed by atoms with Crippen LogP contribution >= 0.6 is 0 Å². The molecule has 1 aromatic rings. The third-order valence-electron chi connectivity index (χ3n) is 5.81. The number of rotatable bonds is 15. The van der Waals surface area contributed by atoms with Crippen molar-refractivity contribution in [2.45, 2.75) is 65.0 Å². The Bertz CT molecular complexity index is 1140. The van der Waals surface area contributed by atoms with Crippen molar-refractivity contribution in [3.05, 3.63) is 24.0 Å². The molecule has 0 spiro atoms. The average molecular weight is 666 g/mol. The van der Waals surface area contributed by atoms with Crippen LogP contribution in [-0.4, -0.2) is 93.9 Å². The number of nitrogens with zero attached hydrogens (tertiary/aromatic N) is 1. The Balaban J connectivity index is 0.00000113. The van der Waals surface area contributed by atoms with Crippen LogP contribution in [0.5, 0.6) is 5.75 Å². The van der Waals surface area contributed by atoms with Gasteiger partial charge in [0, 0.05) is 25.6 Å². The van der Waals surface area contributed by atoms with E-state index in [0.717, 1.165) is 0 Å². The second kappa shape index (κ2) is 22.3. The van der Waals surface area contributed by atoms with Crippen LogP contribution in [0, 0.1) is 11.7 Å². The van der Waals surface area contributed by atoms with Gasteiger partial charge in [-0.25, -0.2) is 22.4 Å². The molecule has 0 aromatic heterocycles. The molecule has 2 unspecified atom stereocenters. The van der Waals surface area contributed by atoms with Gasteiger partial charge in [-0.15, -0.1) is 0 Å². The van der Waals surface area contributed by atoms with Gasteiger partial charge in [0.2, 0.25) is 17.7 Å². The lowest BCUT2D eigenvalue weighted by Gasteiger charge is -2.21. The fourth-order valence-corrected chi connectivity index (χ4v) is 3.42. The van der Waals surface area contributed by atoms with Gasteiger partial charge in [-0.05, 0) is 32.4 Å². The van der Waals surface area contributed by atoms with Crippen LogP contribution < -0.4 is 31.3 Å². The van der Waals surface area contributed by atoms with E-state index in [2.05, 4.69) is 10.6 Å². The Morgan fingerprint density at radius 1 is 1.15 bits per heavy atom. The number of halogens is 4. The van der Waals surface area contributed by atoms with Gasteiger partial charge < -0.3 is 45.6 Å². The molecule has 0 radical (unpaired) electrons. The molecule has 1 aliphatic heterocycles. The molecule has 13 nitrogen and oxygen atoms in total. The molecule has 5 N–H and O–H groups in total. The normalized spacial score (nSPS) is 15.0. The molecule has 1 heterocycles. The zero-order chi connectivity index (χ0) is 35.3. The summed E-state index contributed by atoms with van der Waals surface area (Å²) in [6, 6.07) is 3.12. The first-order valence-electron chi connectivity index (χ1n) is 14.6. The molecule has 1 aliphatic rings. The average Bonchev–Trinajstić information content (AvgIpc) is 3.15. The molecule has 0 fully saturated rings. The van der Waals surface area contributed by atoms with E-state index < -0.39 is 54.8 Å². The van der Waals surface area contributed by atoms with Gasteiger partial charge in [0.1, 0.15) is 36.8 Å². The number of amides is 4. The maximum atomic E-state index is 13.7. The minimum absolute atomic E-state index is 0.0289. The van der Waals surface area contributed by atoms with E-state index in [1.807, 2.05) is 13.8 Å². The van der Waals surface area contributed by atoms with Crippen LogP contribution in [0.15, 0.2) is 18.2 Å². The van der Waals surface area contributed by atoms with Crippen LogP contribution in [0.4, 0.5) is 28.0 Å². The standard InChI is InChI=1S/C20H27FN4O6.C7H10F3NO2.C2H6/c1-13-11-18(27)25(16-12-14(21)4-5-17(16)31-13)8-10-30-20(29)24-7-6-23-19(28)15(22)3-2-9-26;1-5(2-12)6(13)11-4-7(9,10)3-8;1-2/h4-5,9,12-13,15H,2-3,6-8,10-11,22H2,1H3,(H,23,28)(H,24,29);2,5H,3-4H2,1H3,(H,11,13);1-2H3/t13-,15?;;/m1../s1. The maximum absolute atomic E-state index is 13.7. The SMILES string of the molecule is CC.CC(C=O)C(=O)NCC(F)(F)CF.C[C@@H]1CC(=O)N(CCOC(=O)NCCNC(=O)C(N)CCC=O)c2cc(F)ccc2O1. The Labute approximate surface area is 264 Å². The summed E-state index contributed by atoms with van der Waals surface area (Å²) in [6.07, 6.45) is 0.461. The number of nitrogens with two attached hydrogens (primary N) is 1. The fourth-order valence-electron chi connectivity index (χ4n) is 3.42. The summed E-state index contributed by atoms with van der Waals surface area (Å²) in [5.74, 6) is -6.20. The van der Waals surface area contributed by atoms with Gasteiger partial charge >= 0.3 is 6.09 Å². The van der Waals surface area contributed by atoms with E-state index in [1.165, 1.54) is 30.0 Å². The molecule has 1 aromatic carbocycles. The Morgan fingerprint density at radius 3 is 2.41 bits per heavy atom. The lowest BCUT2D eigenvalue weighted by Crippen LogP contribution is -2.43. The van der Waals surface area contributed by atoms with Gasteiger partial charge in [-0.3, -0.25) is 14.4 Å². The Kier molecular flexibility index (Phi) is 20.2. The van der Waals surface area contributed by atoms with E-state index in [1.54, 1.807) is 12.2 Å². The number of benzene rings is 1.